The Morgan fingerprint density at radius 2 is 1.82 bits per heavy atom. The van der Waals surface area contributed by atoms with E-state index in [1.807, 2.05) is 18.2 Å². The van der Waals surface area contributed by atoms with Crippen LogP contribution in [0, 0.1) is 0 Å². The number of nitrogen functional groups attached to an aromatic ring is 1. The van der Waals surface area contributed by atoms with Gasteiger partial charge in [0.25, 0.3) is 0 Å². The normalized spacial score (nSPS) is 10.5. The van der Waals surface area contributed by atoms with E-state index in [1.54, 1.807) is 0 Å². The van der Waals surface area contributed by atoms with Gasteiger partial charge in [0.1, 0.15) is 0 Å². The highest BCUT2D eigenvalue weighted by Gasteiger charge is 2.01. The van der Waals surface area contributed by atoms with E-state index in [-0.39, 0.29) is 0 Å². The monoisotopic (exact) mass is 254 g/mol. The van der Waals surface area contributed by atoms with Crippen LogP contribution in [0.25, 0.3) is 0 Å². The lowest BCUT2D eigenvalue weighted by Crippen LogP contribution is -2.04. The van der Waals surface area contributed by atoms with Gasteiger partial charge in [0.15, 0.2) is 0 Å². The molecule has 17 heavy (non-hydrogen) atoms. The zero-order chi connectivity index (χ0) is 12.5. The first-order valence-corrected chi connectivity index (χ1v) is 6.91. The van der Waals surface area contributed by atoms with Crippen molar-refractivity contribution in [1.82, 2.24) is 0 Å². The van der Waals surface area contributed by atoms with Crippen LogP contribution >= 0.6 is 11.6 Å². The van der Waals surface area contributed by atoms with Crippen LogP contribution in [0.5, 0.6) is 0 Å². The SMILES string of the molecule is CCCCCCCCNc1cccc(Cl)c1N. The van der Waals surface area contributed by atoms with Gasteiger partial charge in [-0.15, -0.1) is 0 Å². The van der Waals surface area contributed by atoms with Gasteiger partial charge < -0.3 is 11.1 Å². The summed E-state index contributed by atoms with van der Waals surface area (Å²) in [6, 6.07) is 5.70. The molecule has 1 aromatic carbocycles. The topological polar surface area (TPSA) is 38.0 Å². The molecule has 3 heteroatoms. The number of para-hydroxylation sites is 1. The van der Waals surface area contributed by atoms with E-state index in [0.717, 1.165) is 12.2 Å². The Kier molecular flexibility index (Phi) is 6.87. The lowest BCUT2D eigenvalue weighted by atomic mass is 10.1. The minimum Gasteiger partial charge on any atom is -0.396 e. The standard InChI is InChI=1S/C14H23ClN2/c1-2-3-4-5-6-7-11-17-13-10-8-9-12(15)14(13)16/h8-10,17H,2-7,11,16H2,1H3. The molecule has 0 aliphatic rings. The fourth-order valence-electron chi connectivity index (χ4n) is 1.82. The second-order valence-corrected chi connectivity index (χ2v) is 4.80. The molecule has 0 radical (unpaired) electrons. The second-order valence-electron chi connectivity index (χ2n) is 4.40. The molecule has 0 fully saturated rings. The Morgan fingerprint density at radius 1 is 1.12 bits per heavy atom. The van der Waals surface area contributed by atoms with Gasteiger partial charge in [-0.3, -0.25) is 0 Å². The summed E-state index contributed by atoms with van der Waals surface area (Å²) in [5.41, 5.74) is 7.47. The molecule has 0 aliphatic carbocycles. The van der Waals surface area contributed by atoms with Gasteiger partial charge in [0.05, 0.1) is 16.4 Å². The molecule has 0 atom stereocenters. The lowest BCUT2D eigenvalue weighted by Gasteiger charge is -2.10. The van der Waals surface area contributed by atoms with Crippen LogP contribution in [0.4, 0.5) is 11.4 Å². The maximum absolute atomic E-state index is 5.95. The van der Waals surface area contributed by atoms with Crippen LogP contribution in [0.3, 0.4) is 0 Å². The molecular formula is C14H23ClN2. The number of unbranched alkanes of at least 4 members (excludes halogenated alkanes) is 5. The highest BCUT2D eigenvalue weighted by Crippen LogP contribution is 2.26. The molecule has 0 saturated heterocycles. The van der Waals surface area contributed by atoms with Crippen molar-refractivity contribution < 1.29 is 0 Å². The number of halogens is 1. The molecule has 0 amide bonds. The molecule has 0 saturated carbocycles. The average Bonchev–Trinajstić information content (AvgIpc) is 2.33. The fraction of sp³-hybridized carbons (Fsp3) is 0.571. The molecule has 0 spiro atoms. The Hall–Kier alpha value is -0.890. The summed E-state index contributed by atoms with van der Waals surface area (Å²) in [6.07, 6.45) is 7.82. The lowest BCUT2D eigenvalue weighted by molar-refractivity contribution is 0.617. The van der Waals surface area contributed by atoms with E-state index in [4.69, 9.17) is 17.3 Å². The first-order valence-electron chi connectivity index (χ1n) is 6.53. The fourth-order valence-corrected chi connectivity index (χ4v) is 1.99. The Morgan fingerprint density at radius 3 is 2.59 bits per heavy atom. The van der Waals surface area contributed by atoms with Gasteiger partial charge in [-0.05, 0) is 18.6 Å². The predicted octanol–water partition coefficient (Wildman–Crippen LogP) is 4.69. The largest absolute Gasteiger partial charge is 0.396 e. The van der Waals surface area contributed by atoms with Gasteiger partial charge in [0.2, 0.25) is 0 Å². The maximum Gasteiger partial charge on any atom is 0.0739 e. The van der Waals surface area contributed by atoms with Crippen molar-refractivity contribution in [3.05, 3.63) is 23.2 Å². The average molecular weight is 255 g/mol. The maximum atomic E-state index is 5.95. The minimum absolute atomic E-state index is 0.623. The Bertz CT molecular complexity index is 326. The molecule has 0 bridgehead atoms. The molecule has 1 rings (SSSR count). The van der Waals surface area contributed by atoms with E-state index in [1.165, 1.54) is 38.5 Å². The smallest absolute Gasteiger partial charge is 0.0739 e. The van der Waals surface area contributed by atoms with Gasteiger partial charge in [0, 0.05) is 6.54 Å². The van der Waals surface area contributed by atoms with Crippen LogP contribution in [-0.4, -0.2) is 6.54 Å². The number of benzene rings is 1. The quantitative estimate of drug-likeness (QED) is 0.522. The van der Waals surface area contributed by atoms with E-state index in [0.29, 0.717) is 10.7 Å². The number of nitrogens with two attached hydrogens (primary N) is 1. The van der Waals surface area contributed by atoms with Crippen molar-refractivity contribution in [3.8, 4) is 0 Å². The third kappa shape index (κ3) is 5.31. The van der Waals surface area contributed by atoms with Crippen LogP contribution in [0.1, 0.15) is 45.4 Å². The van der Waals surface area contributed by atoms with Crippen LogP contribution < -0.4 is 11.1 Å². The number of rotatable bonds is 8. The highest BCUT2D eigenvalue weighted by molar-refractivity contribution is 6.33. The van der Waals surface area contributed by atoms with Crippen molar-refractivity contribution in [2.75, 3.05) is 17.6 Å². The van der Waals surface area contributed by atoms with Crippen molar-refractivity contribution in [2.45, 2.75) is 45.4 Å². The third-order valence-electron chi connectivity index (χ3n) is 2.90. The molecule has 3 N–H and O–H groups in total. The molecule has 0 aromatic heterocycles. The summed E-state index contributed by atoms with van der Waals surface area (Å²) in [6.45, 7) is 3.21. The number of nitrogens with one attached hydrogen (secondary N) is 1. The van der Waals surface area contributed by atoms with E-state index in [2.05, 4.69) is 12.2 Å². The summed E-state index contributed by atoms with van der Waals surface area (Å²) in [5, 5.41) is 3.96. The molecular weight excluding hydrogens is 232 g/mol. The van der Waals surface area contributed by atoms with E-state index < -0.39 is 0 Å². The van der Waals surface area contributed by atoms with Crippen LogP contribution in [-0.2, 0) is 0 Å². The Labute approximate surface area is 110 Å². The zero-order valence-corrected chi connectivity index (χ0v) is 11.4. The zero-order valence-electron chi connectivity index (χ0n) is 10.6. The van der Waals surface area contributed by atoms with Crippen LogP contribution in [0.15, 0.2) is 18.2 Å². The summed E-state index contributed by atoms with van der Waals surface area (Å²) in [5.74, 6) is 0. The third-order valence-corrected chi connectivity index (χ3v) is 3.23. The summed E-state index contributed by atoms with van der Waals surface area (Å²) in [7, 11) is 0. The minimum atomic E-state index is 0.623. The molecule has 0 aliphatic heterocycles. The van der Waals surface area contributed by atoms with Gasteiger partial charge >= 0.3 is 0 Å². The van der Waals surface area contributed by atoms with Gasteiger partial charge in [-0.25, -0.2) is 0 Å². The predicted molar refractivity (Wildman–Crippen MR) is 77.7 cm³/mol. The molecule has 1 aromatic rings. The van der Waals surface area contributed by atoms with Crippen molar-refractivity contribution in [3.63, 3.8) is 0 Å². The Balaban J connectivity index is 2.16. The first kappa shape index (κ1) is 14.2. The van der Waals surface area contributed by atoms with Crippen molar-refractivity contribution in [2.24, 2.45) is 0 Å². The van der Waals surface area contributed by atoms with Gasteiger partial charge in [-0.1, -0.05) is 56.7 Å². The highest BCUT2D eigenvalue weighted by atomic mass is 35.5. The van der Waals surface area contributed by atoms with E-state index in [9.17, 15) is 0 Å². The van der Waals surface area contributed by atoms with Crippen molar-refractivity contribution in [1.29, 1.82) is 0 Å². The number of hydrogen-bond donors (Lipinski definition) is 2. The number of anilines is 2. The van der Waals surface area contributed by atoms with Crippen molar-refractivity contribution >= 4 is 23.0 Å². The molecule has 2 nitrogen and oxygen atoms in total. The number of hydrogen-bond acceptors (Lipinski definition) is 2. The molecule has 96 valence electrons. The summed E-state index contributed by atoms with van der Waals surface area (Å²) < 4.78 is 0. The van der Waals surface area contributed by atoms with E-state index >= 15 is 0 Å². The summed E-state index contributed by atoms with van der Waals surface area (Å²) in [4.78, 5) is 0. The van der Waals surface area contributed by atoms with Gasteiger partial charge in [-0.2, -0.15) is 0 Å². The first-order chi connectivity index (χ1) is 8.25. The summed E-state index contributed by atoms with van der Waals surface area (Å²) >= 11 is 5.95. The molecule has 0 unspecified atom stereocenters. The second kappa shape index (κ2) is 8.24. The molecule has 0 heterocycles. The van der Waals surface area contributed by atoms with Crippen LogP contribution in [0.2, 0.25) is 5.02 Å².